The average Bonchev–Trinajstić information content (AvgIpc) is 3.11. The Morgan fingerprint density at radius 1 is 1.17 bits per heavy atom. The predicted molar refractivity (Wildman–Crippen MR) is 145 cm³/mol. The van der Waals surface area contributed by atoms with E-state index in [4.69, 9.17) is 33.3 Å². The van der Waals surface area contributed by atoms with Crippen LogP contribution in [0.1, 0.15) is 21.5 Å². The highest BCUT2D eigenvalue weighted by Crippen LogP contribution is 2.39. The van der Waals surface area contributed by atoms with Crippen molar-refractivity contribution in [2.75, 3.05) is 7.11 Å². The largest absolute Gasteiger partial charge is 0.493 e. The first-order valence-electron chi connectivity index (χ1n) is 10.2. The van der Waals surface area contributed by atoms with Crippen LogP contribution < -0.4 is 14.9 Å². The normalized spacial score (nSPS) is 14.4. The van der Waals surface area contributed by atoms with Gasteiger partial charge >= 0.3 is 0 Å². The molecule has 0 saturated carbocycles. The van der Waals surface area contributed by atoms with Crippen LogP contribution in [-0.2, 0) is 11.4 Å². The molecule has 1 heterocycles. The first-order chi connectivity index (χ1) is 16.9. The van der Waals surface area contributed by atoms with Crippen molar-refractivity contribution >= 4 is 73.7 Å². The molecule has 1 aliphatic heterocycles. The second-order valence-electron chi connectivity index (χ2n) is 7.24. The number of methoxy groups -OCH3 is 1. The van der Waals surface area contributed by atoms with Gasteiger partial charge in [-0.3, -0.25) is 15.0 Å². The SMILES string of the molecule is COc1cc(C=C2SC(=S)N(NC(=O)c3ccccc3)C2=O)cc(Br)c1OCc1ccccc1Cl. The van der Waals surface area contributed by atoms with E-state index in [-0.39, 0.29) is 10.9 Å². The van der Waals surface area contributed by atoms with Crippen molar-refractivity contribution in [3.05, 3.63) is 97.8 Å². The Balaban J connectivity index is 1.52. The second kappa shape index (κ2) is 11.3. The fraction of sp³-hybridized carbons (Fsp3) is 0.0800. The Kier molecular flexibility index (Phi) is 8.12. The number of thioether (sulfide) groups is 1. The number of nitrogens with zero attached hydrogens (tertiary/aromatic N) is 1. The minimum absolute atomic E-state index is 0.233. The second-order valence-corrected chi connectivity index (χ2v) is 10.2. The highest BCUT2D eigenvalue weighted by atomic mass is 79.9. The summed E-state index contributed by atoms with van der Waals surface area (Å²) in [5, 5.41) is 1.69. The zero-order chi connectivity index (χ0) is 24.9. The predicted octanol–water partition coefficient (Wildman–Crippen LogP) is 6.24. The van der Waals surface area contributed by atoms with E-state index in [1.54, 1.807) is 54.6 Å². The number of rotatable bonds is 7. The van der Waals surface area contributed by atoms with E-state index >= 15 is 0 Å². The van der Waals surface area contributed by atoms with Crippen molar-refractivity contribution in [3.8, 4) is 11.5 Å². The number of ether oxygens (including phenoxy) is 2. The van der Waals surface area contributed by atoms with Gasteiger partial charge in [-0.25, -0.2) is 0 Å². The lowest BCUT2D eigenvalue weighted by Gasteiger charge is -2.15. The van der Waals surface area contributed by atoms with E-state index < -0.39 is 11.8 Å². The van der Waals surface area contributed by atoms with E-state index in [9.17, 15) is 9.59 Å². The van der Waals surface area contributed by atoms with Crippen LogP contribution in [0.4, 0.5) is 0 Å². The molecule has 6 nitrogen and oxygen atoms in total. The number of carbonyl (C=O) groups excluding carboxylic acids is 2. The Labute approximate surface area is 225 Å². The Morgan fingerprint density at radius 2 is 1.89 bits per heavy atom. The van der Waals surface area contributed by atoms with Crippen LogP contribution in [0.25, 0.3) is 6.08 Å². The van der Waals surface area contributed by atoms with Gasteiger partial charge in [0, 0.05) is 16.1 Å². The summed E-state index contributed by atoms with van der Waals surface area (Å²) in [5.74, 6) is 0.142. The summed E-state index contributed by atoms with van der Waals surface area (Å²) in [5.41, 5.74) is 4.52. The smallest absolute Gasteiger partial charge is 0.285 e. The molecule has 10 heteroatoms. The van der Waals surface area contributed by atoms with Gasteiger partial charge in [0.2, 0.25) is 0 Å². The van der Waals surface area contributed by atoms with Gasteiger partial charge in [0.1, 0.15) is 6.61 Å². The fourth-order valence-corrected chi connectivity index (χ4v) is 5.14. The maximum Gasteiger partial charge on any atom is 0.285 e. The molecule has 178 valence electrons. The van der Waals surface area contributed by atoms with Gasteiger partial charge in [-0.2, -0.15) is 5.01 Å². The number of benzene rings is 3. The molecule has 35 heavy (non-hydrogen) atoms. The molecule has 3 aromatic carbocycles. The van der Waals surface area contributed by atoms with Crippen molar-refractivity contribution in [2.45, 2.75) is 6.61 Å². The Morgan fingerprint density at radius 3 is 2.60 bits per heavy atom. The van der Waals surface area contributed by atoms with Crippen molar-refractivity contribution in [1.82, 2.24) is 10.4 Å². The van der Waals surface area contributed by atoms with Crippen LogP contribution in [0.3, 0.4) is 0 Å². The lowest BCUT2D eigenvalue weighted by atomic mass is 10.1. The van der Waals surface area contributed by atoms with Gasteiger partial charge in [0.15, 0.2) is 15.8 Å². The van der Waals surface area contributed by atoms with Gasteiger partial charge in [-0.1, -0.05) is 59.8 Å². The summed E-state index contributed by atoms with van der Waals surface area (Å²) >= 11 is 16.2. The molecular formula is C25H18BrClN2O4S2. The van der Waals surface area contributed by atoms with Gasteiger partial charge in [0.05, 0.1) is 16.5 Å². The Bertz CT molecular complexity index is 1330. The molecule has 1 N–H and O–H groups in total. The standard InChI is InChI=1S/C25H18BrClN2O4S2/c1-32-20-12-15(11-18(26)22(20)33-14-17-9-5-6-10-19(17)27)13-21-24(31)29(25(34)35-21)28-23(30)16-7-3-2-4-8-16/h2-13H,14H2,1H3,(H,28,30). The van der Waals surface area contributed by atoms with E-state index in [1.807, 2.05) is 18.2 Å². The third-order valence-corrected chi connectivity index (χ3v) is 7.18. The summed E-state index contributed by atoms with van der Waals surface area (Å²) < 4.78 is 12.4. The molecule has 0 aromatic heterocycles. The minimum Gasteiger partial charge on any atom is -0.493 e. The van der Waals surface area contributed by atoms with E-state index in [0.717, 1.165) is 22.3 Å². The lowest BCUT2D eigenvalue weighted by Crippen LogP contribution is -2.44. The molecule has 0 spiro atoms. The van der Waals surface area contributed by atoms with Crippen LogP contribution in [0.15, 0.2) is 76.1 Å². The average molecular weight is 590 g/mol. The van der Waals surface area contributed by atoms with E-state index in [0.29, 0.717) is 37.0 Å². The minimum atomic E-state index is -0.424. The van der Waals surface area contributed by atoms with E-state index in [2.05, 4.69) is 21.4 Å². The summed E-state index contributed by atoms with van der Waals surface area (Å²) in [6, 6.07) is 19.6. The summed E-state index contributed by atoms with van der Waals surface area (Å²) in [6.07, 6.45) is 1.68. The fourth-order valence-electron chi connectivity index (χ4n) is 3.20. The first-order valence-corrected chi connectivity index (χ1v) is 12.6. The maximum absolute atomic E-state index is 12.9. The number of thiocarbonyl (C=S) groups is 1. The first kappa shape index (κ1) is 25.2. The number of carbonyl (C=O) groups is 2. The number of halogens is 2. The summed E-state index contributed by atoms with van der Waals surface area (Å²) in [4.78, 5) is 25.8. The quantitative estimate of drug-likeness (QED) is 0.260. The maximum atomic E-state index is 12.9. The van der Waals surface area contributed by atoms with Crippen molar-refractivity contribution in [1.29, 1.82) is 0 Å². The summed E-state index contributed by atoms with van der Waals surface area (Å²) in [7, 11) is 1.53. The molecular weight excluding hydrogens is 572 g/mol. The molecule has 4 rings (SSSR count). The van der Waals surface area contributed by atoms with Crippen LogP contribution >= 0.6 is 51.5 Å². The van der Waals surface area contributed by atoms with Crippen molar-refractivity contribution < 1.29 is 19.1 Å². The number of amides is 2. The molecule has 3 aromatic rings. The van der Waals surface area contributed by atoms with Crippen molar-refractivity contribution in [2.24, 2.45) is 0 Å². The molecule has 1 fully saturated rings. The van der Waals surface area contributed by atoms with Crippen LogP contribution in [0.2, 0.25) is 5.02 Å². The van der Waals surface area contributed by atoms with Crippen LogP contribution in [-0.4, -0.2) is 28.3 Å². The highest BCUT2D eigenvalue weighted by Gasteiger charge is 2.34. The molecule has 0 aliphatic carbocycles. The van der Waals surface area contributed by atoms with Crippen LogP contribution in [0, 0.1) is 0 Å². The molecule has 0 atom stereocenters. The lowest BCUT2D eigenvalue weighted by molar-refractivity contribution is -0.123. The van der Waals surface area contributed by atoms with E-state index in [1.165, 1.54) is 7.11 Å². The van der Waals surface area contributed by atoms with Gasteiger partial charge in [-0.15, -0.1) is 0 Å². The third kappa shape index (κ3) is 5.87. The van der Waals surface area contributed by atoms with Gasteiger partial charge in [-0.05, 0) is 70.1 Å². The molecule has 0 unspecified atom stereocenters. The number of nitrogens with one attached hydrogen (secondary N) is 1. The summed E-state index contributed by atoms with van der Waals surface area (Å²) in [6.45, 7) is 0.258. The zero-order valence-corrected chi connectivity index (χ0v) is 22.3. The number of hydrazine groups is 1. The monoisotopic (exact) mass is 588 g/mol. The third-order valence-electron chi connectivity index (χ3n) is 4.92. The number of hydrogen-bond donors (Lipinski definition) is 1. The molecule has 1 saturated heterocycles. The topological polar surface area (TPSA) is 67.9 Å². The molecule has 1 aliphatic rings. The van der Waals surface area contributed by atoms with Crippen LogP contribution in [0.5, 0.6) is 11.5 Å². The molecule has 0 bridgehead atoms. The number of hydrogen-bond acceptors (Lipinski definition) is 6. The molecule has 2 amide bonds. The molecule has 0 radical (unpaired) electrons. The van der Waals surface area contributed by atoms with Crippen molar-refractivity contribution in [3.63, 3.8) is 0 Å². The highest BCUT2D eigenvalue weighted by molar-refractivity contribution is 9.10. The van der Waals surface area contributed by atoms with Gasteiger partial charge in [0.25, 0.3) is 11.8 Å². The zero-order valence-electron chi connectivity index (χ0n) is 18.3. The van der Waals surface area contributed by atoms with Gasteiger partial charge < -0.3 is 9.47 Å². The Hall–Kier alpha value is -2.85.